The van der Waals surface area contributed by atoms with Gasteiger partial charge in [0.1, 0.15) is 0 Å². The lowest BCUT2D eigenvalue weighted by Gasteiger charge is -1.87. The third kappa shape index (κ3) is 5.01. The minimum Gasteiger partial charge on any atom is -0.295 e. The van der Waals surface area contributed by atoms with Crippen molar-refractivity contribution in [3.63, 3.8) is 0 Å². The van der Waals surface area contributed by atoms with Gasteiger partial charge in [-0.15, -0.1) is 0 Å². The highest BCUT2D eigenvalue weighted by Crippen LogP contribution is 1.96. The van der Waals surface area contributed by atoms with Crippen LogP contribution < -0.4 is 0 Å². The van der Waals surface area contributed by atoms with Crippen molar-refractivity contribution >= 4 is 5.78 Å². The maximum absolute atomic E-state index is 10.3. The molecule has 9 heavy (non-hydrogen) atoms. The van der Waals surface area contributed by atoms with Crippen LogP contribution in [0.4, 0.5) is 0 Å². The molecule has 0 aliphatic heterocycles. The molecule has 0 radical (unpaired) electrons. The molecule has 0 bridgehead atoms. The molecule has 1 heteroatoms. The van der Waals surface area contributed by atoms with Crippen LogP contribution in [-0.2, 0) is 4.79 Å². The number of rotatable bonds is 3. The van der Waals surface area contributed by atoms with Crippen LogP contribution in [0.2, 0.25) is 0 Å². The molecular weight excluding hydrogens is 112 g/mol. The number of hydrogen-bond acceptors (Lipinski definition) is 1. The predicted molar refractivity (Wildman–Crippen MR) is 39.3 cm³/mol. The average molecular weight is 124 g/mol. The van der Waals surface area contributed by atoms with E-state index in [9.17, 15) is 4.79 Å². The number of carbonyl (C=O) groups is 1. The summed E-state index contributed by atoms with van der Waals surface area (Å²) >= 11 is 0. The standard InChI is InChI=1S/C8H12O/c1-4-7(2)5-6-8(3)9/h5-6H,2,4H2,1,3H3/b6-5+. The van der Waals surface area contributed by atoms with Crippen LogP contribution in [0.15, 0.2) is 24.3 Å². The molecule has 0 aromatic heterocycles. The molecule has 50 valence electrons. The lowest BCUT2D eigenvalue weighted by atomic mass is 10.2. The Balaban J connectivity index is 3.71. The van der Waals surface area contributed by atoms with Gasteiger partial charge in [0.05, 0.1) is 0 Å². The van der Waals surface area contributed by atoms with Gasteiger partial charge in [0, 0.05) is 0 Å². The van der Waals surface area contributed by atoms with E-state index in [1.54, 1.807) is 6.08 Å². The molecule has 0 spiro atoms. The Hall–Kier alpha value is -0.850. The predicted octanol–water partition coefficient (Wildman–Crippen LogP) is 2.10. The zero-order valence-electron chi connectivity index (χ0n) is 5.98. The first-order chi connectivity index (χ1) is 4.16. The fourth-order valence-electron chi connectivity index (χ4n) is 0.353. The molecule has 0 heterocycles. The second-order valence-corrected chi connectivity index (χ2v) is 1.96. The van der Waals surface area contributed by atoms with Crippen molar-refractivity contribution in [2.75, 3.05) is 0 Å². The molecule has 0 saturated heterocycles. The second kappa shape index (κ2) is 4.07. The van der Waals surface area contributed by atoms with Gasteiger partial charge in [0.15, 0.2) is 5.78 Å². The monoisotopic (exact) mass is 124 g/mol. The summed E-state index contributed by atoms with van der Waals surface area (Å²) < 4.78 is 0. The van der Waals surface area contributed by atoms with Gasteiger partial charge in [-0.3, -0.25) is 4.79 Å². The van der Waals surface area contributed by atoms with Crippen LogP contribution in [0.1, 0.15) is 20.3 Å². The molecule has 0 fully saturated rings. The highest BCUT2D eigenvalue weighted by molar-refractivity contribution is 5.87. The van der Waals surface area contributed by atoms with Crippen molar-refractivity contribution < 1.29 is 4.79 Å². The van der Waals surface area contributed by atoms with Gasteiger partial charge in [0.2, 0.25) is 0 Å². The van der Waals surface area contributed by atoms with Crippen LogP contribution in [0.3, 0.4) is 0 Å². The van der Waals surface area contributed by atoms with E-state index in [1.165, 1.54) is 13.0 Å². The van der Waals surface area contributed by atoms with Crippen molar-refractivity contribution in [2.24, 2.45) is 0 Å². The smallest absolute Gasteiger partial charge is 0.152 e. The van der Waals surface area contributed by atoms with Gasteiger partial charge >= 0.3 is 0 Å². The number of ketones is 1. The first kappa shape index (κ1) is 8.15. The fourth-order valence-corrected chi connectivity index (χ4v) is 0.353. The minimum atomic E-state index is 0.0737. The van der Waals surface area contributed by atoms with E-state index in [2.05, 4.69) is 6.58 Å². The van der Waals surface area contributed by atoms with Crippen LogP contribution in [0, 0.1) is 0 Å². The second-order valence-electron chi connectivity index (χ2n) is 1.96. The lowest BCUT2D eigenvalue weighted by molar-refractivity contribution is -0.112. The third-order valence-electron chi connectivity index (χ3n) is 1.01. The molecule has 0 aromatic carbocycles. The molecule has 0 amide bonds. The molecular formula is C8H12O. The Morgan fingerprint density at radius 3 is 2.44 bits per heavy atom. The SMILES string of the molecule is C=C(/C=C/C(C)=O)CC. The summed E-state index contributed by atoms with van der Waals surface area (Å²) in [7, 11) is 0. The zero-order chi connectivity index (χ0) is 7.28. The highest BCUT2D eigenvalue weighted by Gasteiger charge is 1.82. The molecule has 0 saturated carbocycles. The molecule has 0 aliphatic rings. The van der Waals surface area contributed by atoms with E-state index in [-0.39, 0.29) is 5.78 Å². The Kier molecular flexibility index (Phi) is 3.69. The fraction of sp³-hybridized carbons (Fsp3) is 0.375. The zero-order valence-corrected chi connectivity index (χ0v) is 5.98. The van der Waals surface area contributed by atoms with Crippen LogP contribution in [0.5, 0.6) is 0 Å². The third-order valence-corrected chi connectivity index (χ3v) is 1.01. The summed E-state index contributed by atoms with van der Waals surface area (Å²) in [5.74, 6) is 0.0737. The quantitative estimate of drug-likeness (QED) is 0.416. The van der Waals surface area contributed by atoms with E-state index in [4.69, 9.17) is 0 Å². The average Bonchev–Trinajstić information content (AvgIpc) is 1.83. The van der Waals surface area contributed by atoms with E-state index in [0.29, 0.717) is 0 Å². The van der Waals surface area contributed by atoms with Crippen molar-refractivity contribution in [3.05, 3.63) is 24.3 Å². The molecule has 0 aliphatic carbocycles. The topological polar surface area (TPSA) is 17.1 Å². The Bertz CT molecular complexity index is 143. The summed E-state index contributed by atoms with van der Waals surface area (Å²) in [6.45, 7) is 7.24. The van der Waals surface area contributed by atoms with Crippen molar-refractivity contribution in [2.45, 2.75) is 20.3 Å². The summed E-state index contributed by atoms with van der Waals surface area (Å²) in [6.07, 6.45) is 4.19. The Morgan fingerprint density at radius 1 is 1.56 bits per heavy atom. The molecule has 1 nitrogen and oxygen atoms in total. The Morgan fingerprint density at radius 2 is 2.11 bits per heavy atom. The normalized spacial score (nSPS) is 10.0. The van der Waals surface area contributed by atoms with E-state index < -0.39 is 0 Å². The van der Waals surface area contributed by atoms with Gasteiger partial charge in [-0.25, -0.2) is 0 Å². The largest absolute Gasteiger partial charge is 0.295 e. The summed E-state index contributed by atoms with van der Waals surface area (Å²) in [4.78, 5) is 10.3. The number of hydrogen-bond donors (Lipinski definition) is 0. The molecule has 0 unspecified atom stereocenters. The maximum atomic E-state index is 10.3. The van der Waals surface area contributed by atoms with Crippen LogP contribution >= 0.6 is 0 Å². The summed E-state index contributed by atoms with van der Waals surface area (Å²) in [5, 5.41) is 0. The van der Waals surface area contributed by atoms with Gasteiger partial charge in [0.25, 0.3) is 0 Å². The van der Waals surface area contributed by atoms with Gasteiger partial charge in [-0.1, -0.05) is 25.2 Å². The van der Waals surface area contributed by atoms with Gasteiger partial charge in [-0.2, -0.15) is 0 Å². The lowest BCUT2D eigenvalue weighted by Crippen LogP contribution is -1.80. The number of allylic oxidation sites excluding steroid dienone is 3. The van der Waals surface area contributed by atoms with Gasteiger partial charge < -0.3 is 0 Å². The summed E-state index contributed by atoms with van der Waals surface area (Å²) in [6, 6.07) is 0. The van der Waals surface area contributed by atoms with Gasteiger partial charge in [-0.05, 0) is 19.4 Å². The van der Waals surface area contributed by atoms with E-state index in [1.807, 2.05) is 6.92 Å². The maximum Gasteiger partial charge on any atom is 0.152 e. The first-order valence-corrected chi connectivity index (χ1v) is 3.03. The van der Waals surface area contributed by atoms with Crippen LogP contribution in [0.25, 0.3) is 0 Å². The summed E-state index contributed by atoms with van der Waals surface area (Å²) in [5.41, 5.74) is 0.991. The highest BCUT2D eigenvalue weighted by atomic mass is 16.1. The first-order valence-electron chi connectivity index (χ1n) is 3.03. The van der Waals surface area contributed by atoms with Crippen LogP contribution in [-0.4, -0.2) is 5.78 Å². The van der Waals surface area contributed by atoms with Crippen molar-refractivity contribution in [1.29, 1.82) is 0 Å². The van der Waals surface area contributed by atoms with E-state index >= 15 is 0 Å². The minimum absolute atomic E-state index is 0.0737. The van der Waals surface area contributed by atoms with Crippen molar-refractivity contribution in [3.8, 4) is 0 Å². The molecule has 0 rings (SSSR count). The molecule has 0 atom stereocenters. The van der Waals surface area contributed by atoms with Crippen molar-refractivity contribution in [1.82, 2.24) is 0 Å². The van der Waals surface area contributed by atoms with E-state index in [0.717, 1.165) is 12.0 Å². The number of carbonyl (C=O) groups excluding carboxylic acids is 1. The molecule has 0 N–H and O–H groups in total. The molecule has 0 aromatic rings. The Labute approximate surface area is 56.1 Å².